The van der Waals surface area contributed by atoms with Gasteiger partial charge < -0.3 is 14.9 Å². The summed E-state index contributed by atoms with van der Waals surface area (Å²) in [6.45, 7) is 12.3. The quantitative estimate of drug-likeness (QED) is 0.484. The van der Waals surface area contributed by atoms with Crippen molar-refractivity contribution < 1.29 is 24.5 Å². The molecule has 4 atom stereocenters. The topological polar surface area (TPSA) is 83.8 Å². The first kappa shape index (κ1) is 21.7. The summed E-state index contributed by atoms with van der Waals surface area (Å²) < 4.78 is 6.20. The highest BCUT2D eigenvalue weighted by molar-refractivity contribution is 6.52. The van der Waals surface area contributed by atoms with Crippen LogP contribution in [-0.2, 0) is 10.2 Å². The molecule has 0 fully saturated rings. The van der Waals surface area contributed by atoms with E-state index < -0.39 is 17.0 Å². The smallest absolute Gasteiger partial charge is 0.234 e. The van der Waals surface area contributed by atoms with Crippen molar-refractivity contribution in [1.82, 2.24) is 0 Å². The molecule has 5 heteroatoms. The number of aliphatic hydroxyl groups excluding tert-OH is 1. The van der Waals surface area contributed by atoms with Crippen LogP contribution in [-0.4, -0.2) is 27.9 Å². The van der Waals surface area contributed by atoms with Crippen LogP contribution in [0.2, 0.25) is 0 Å². The molecule has 5 nitrogen and oxygen atoms in total. The van der Waals surface area contributed by atoms with Crippen molar-refractivity contribution in [3.8, 4) is 11.5 Å². The Labute approximate surface area is 183 Å². The molecule has 1 aromatic carbocycles. The van der Waals surface area contributed by atoms with E-state index in [1.165, 1.54) is 25.0 Å². The first-order chi connectivity index (χ1) is 14.4. The molecule has 3 aliphatic rings. The van der Waals surface area contributed by atoms with Gasteiger partial charge in [0, 0.05) is 22.1 Å². The van der Waals surface area contributed by atoms with E-state index >= 15 is 0 Å². The van der Waals surface area contributed by atoms with Crippen LogP contribution in [0, 0.1) is 11.3 Å². The van der Waals surface area contributed by atoms with Crippen LogP contribution in [0.5, 0.6) is 11.5 Å². The number of Topliss-reactive ketones (excluding diaryl/α,β-unsaturated/α-hetero) is 2. The lowest BCUT2D eigenvalue weighted by Gasteiger charge is -2.42. The molecule has 4 rings (SSSR count). The number of hydrogen-bond acceptors (Lipinski definition) is 5. The number of allylic oxidation sites excluding steroid dienone is 3. The van der Waals surface area contributed by atoms with Gasteiger partial charge in [0.1, 0.15) is 23.4 Å². The van der Waals surface area contributed by atoms with Gasteiger partial charge in [0.25, 0.3) is 0 Å². The molecule has 2 aliphatic carbocycles. The van der Waals surface area contributed by atoms with Gasteiger partial charge in [0.2, 0.25) is 11.6 Å². The number of carbonyl (C=O) groups excluding carboxylic acids is 2. The summed E-state index contributed by atoms with van der Waals surface area (Å²) in [6, 6.07) is 1.33. The Morgan fingerprint density at radius 3 is 2.35 bits per heavy atom. The standard InChI is InChI=1S/C26H32O5/c1-13-8-7-9-14(2)25(13,5)10-11-26(6)16(4)31-24-19-17(12-18(27)20(24)26)23(30)22(29)15(3)21(19)28/h8,12,14,16,27-28H,7,9-11H2,1-6H3. The number of hydrogen-bond donors (Lipinski definition) is 2. The van der Waals surface area contributed by atoms with E-state index in [9.17, 15) is 19.8 Å². The highest BCUT2D eigenvalue weighted by atomic mass is 16.5. The van der Waals surface area contributed by atoms with Crippen LogP contribution < -0.4 is 4.74 Å². The number of benzene rings is 1. The van der Waals surface area contributed by atoms with E-state index in [4.69, 9.17) is 4.74 Å². The summed E-state index contributed by atoms with van der Waals surface area (Å²) in [5.41, 5.74) is 1.87. The largest absolute Gasteiger partial charge is 0.507 e. The van der Waals surface area contributed by atoms with Crippen LogP contribution in [0.3, 0.4) is 0 Å². The maximum Gasteiger partial charge on any atom is 0.234 e. The minimum absolute atomic E-state index is 0.00689. The van der Waals surface area contributed by atoms with Gasteiger partial charge in [-0.05, 0) is 63.9 Å². The summed E-state index contributed by atoms with van der Waals surface area (Å²) in [6.07, 6.45) is 6.09. The van der Waals surface area contributed by atoms with Crippen molar-refractivity contribution in [2.24, 2.45) is 11.3 Å². The second kappa shape index (κ2) is 6.98. The number of ketones is 2. The van der Waals surface area contributed by atoms with Gasteiger partial charge >= 0.3 is 0 Å². The molecule has 0 saturated carbocycles. The predicted octanol–water partition coefficient (Wildman–Crippen LogP) is 5.65. The van der Waals surface area contributed by atoms with Gasteiger partial charge in [-0.25, -0.2) is 0 Å². The van der Waals surface area contributed by atoms with Gasteiger partial charge in [-0.3, -0.25) is 9.59 Å². The van der Waals surface area contributed by atoms with Crippen molar-refractivity contribution in [3.63, 3.8) is 0 Å². The van der Waals surface area contributed by atoms with Crippen LogP contribution in [0.4, 0.5) is 0 Å². The van der Waals surface area contributed by atoms with E-state index in [0.29, 0.717) is 17.2 Å². The van der Waals surface area contributed by atoms with Gasteiger partial charge in [-0.2, -0.15) is 0 Å². The number of aromatic hydroxyl groups is 1. The highest BCUT2D eigenvalue weighted by Gasteiger charge is 2.50. The van der Waals surface area contributed by atoms with Gasteiger partial charge in [-0.1, -0.05) is 32.4 Å². The van der Waals surface area contributed by atoms with Gasteiger partial charge in [0.15, 0.2) is 0 Å². The Morgan fingerprint density at radius 2 is 1.71 bits per heavy atom. The molecule has 2 N–H and O–H groups in total. The third-order valence-corrected chi connectivity index (χ3v) is 8.61. The van der Waals surface area contributed by atoms with Crippen LogP contribution >= 0.6 is 0 Å². The van der Waals surface area contributed by atoms with Crippen molar-refractivity contribution >= 4 is 17.3 Å². The van der Waals surface area contributed by atoms with E-state index in [0.717, 1.165) is 19.3 Å². The highest BCUT2D eigenvalue weighted by Crippen LogP contribution is 2.56. The first-order valence-electron chi connectivity index (χ1n) is 11.2. The average Bonchev–Trinajstić information content (AvgIpc) is 2.99. The molecule has 0 spiro atoms. The van der Waals surface area contributed by atoms with Gasteiger partial charge in [-0.15, -0.1) is 0 Å². The molecule has 0 bridgehead atoms. The minimum atomic E-state index is -0.750. The zero-order valence-corrected chi connectivity index (χ0v) is 19.3. The maximum absolute atomic E-state index is 12.5. The van der Waals surface area contributed by atoms with Crippen LogP contribution in [0.1, 0.15) is 88.7 Å². The van der Waals surface area contributed by atoms with Crippen LogP contribution in [0.15, 0.2) is 23.3 Å². The van der Waals surface area contributed by atoms with Crippen molar-refractivity contribution in [3.05, 3.63) is 40.0 Å². The summed E-state index contributed by atoms with van der Waals surface area (Å²) in [7, 11) is 0. The third-order valence-electron chi connectivity index (χ3n) is 8.61. The molecular formula is C26H32O5. The lowest BCUT2D eigenvalue weighted by Crippen LogP contribution is -2.37. The van der Waals surface area contributed by atoms with E-state index in [1.807, 2.05) is 6.92 Å². The molecule has 166 valence electrons. The summed E-state index contributed by atoms with van der Waals surface area (Å²) in [4.78, 5) is 24.7. The monoisotopic (exact) mass is 424 g/mol. The molecule has 0 amide bonds. The SMILES string of the molecule is CC1=CCCC(C)C1(C)CCC1(C)c2c(O)cc3c(c2OC1C)C(O)=C(C)C(=O)C3=O. The number of carbonyl (C=O) groups is 2. The molecular weight excluding hydrogens is 392 g/mol. The zero-order valence-electron chi connectivity index (χ0n) is 19.3. The van der Waals surface area contributed by atoms with Crippen LogP contribution in [0.25, 0.3) is 5.76 Å². The van der Waals surface area contributed by atoms with E-state index in [1.54, 1.807) is 0 Å². The van der Waals surface area contributed by atoms with Crippen molar-refractivity contribution in [1.29, 1.82) is 0 Å². The number of rotatable bonds is 3. The Hall–Kier alpha value is -2.56. The minimum Gasteiger partial charge on any atom is -0.507 e. The molecule has 4 unspecified atom stereocenters. The van der Waals surface area contributed by atoms with Crippen molar-refractivity contribution in [2.45, 2.75) is 78.7 Å². The van der Waals surface area contributed by atoms with E-state index in [2.05, 4.69) is 33.8 Å². The molecule has 1 heterocycles. The second-order valence-corrected chi connectivity index (χ2v) is 10.1. The fourth-order valence-electron chi connectivity index (χ4n) is 5.61. The van der Waals surface area contributed by atoms with E-state index in [-0.39, 0.29) is 39.7 Å². The Bertz CT molecular complexity index is 1060. The molecule has 31 heavy (non-hydrogen) atoms. The average molecular weight is 425 g/mol. The Morgan fingerprint density at radius 1 is 1.06 bits per heavy atom. The Balaban J connectivity index is 1.80. The summed E-state index contributed by atoms with van der Waals surface area (Å²) >= 11 is 0. The molecule has 1 aromatic rings. The zero-order chi connectivity index (χ0) is 22.9. The first-order valence-corrected chi connectivity index (χ1v) is 11.2. The molecule has 0 saturated heterocycles. The number of fused-ring (bicyclic) bond motifs is 3. The lowest BCUT2D eigenvalue weighted by atomic mass is 9.62. The number of phenols is 1. The third kappa shape index (κ3) is 2.89. The maximum atomic E-state index is 12.5. The predicted molar refractivity (Wildman–Crippen MR) is 120 cm³/mol. The molecule has 1 aliphatic heterocycles. The number of ether oxygens (including phenoxy) is 1. The lowest BCUT2D eigenvalue weighted by molar-refractivity contribution is -0.111. The molecule has 0 aromatic heterocycles. The number of phenolic OH excluding ortho intramolecular Hbond substituents is 1. The normalized spacial score (nSPS) is 32.5. The summed E-state index contributed by atoms with van der Waals surface area (Å²) in [5, 5.41) is 21.7. The van der Waals surface area contributed by atoms with Crippen molar-refractivity contribution in [2.75, 3.05) is 0 Å². The fraction of sp³-hybridized carbons (Fsp3) is 0.538. The Kier molecular flexibility index (Phi) is 4.87. The molecule has 0 radical (unpaired) electrons. The summed E-state index contributed by atoms with van der Waals surface area (Å²) in [5.74, 6) is -0.871. The van der Waals surface area contributed by atoms with Gasteiger partial charge in [0.05, 0.1) is 5.56 Å². The number of aliphatic hydroxyl groups is 1. The second-order valence-electron chi connectivity index (χ2n) is 10.1. The fourth-order valence-corrected chi connectivity index (χ4v) is 5.61.